The van der Waals surface area contributed by atoms with Crippen molar-refractivity contribution in [2.24, 2.45) is 0 Å². The summed E-state index contributed by atoms with van der Waals surface area (Å²) >= 11 is 6.01. The largest absolute Gasteiger partial charge is 0.388 e. The Morgan fingerprint density at radius 3 is 2.64 bits per heavy atom. The molecule has 2 aliphatic heterocycles. The molecule has 0 saturated carbocycles. The number of amides is 2. The van der Waals surface area contributed by atoms with E-state index in [0.29, 0.717) is 43.1 Å². The zero-order chi connectivity index (χ0) is 20.1. The highest BCUT2D eigenvalue weighted by Gasteiger charge is 2.34. The summed E-state index contributed by atoms with van der Waals surface area (Å²) in [4.78, 5) is 28.1. The zero-order valence-corrected chi connectivity index (χ0v) is 17.2. The van der Waals surface area contributed by atoms with Gasteiger partial charge in [0.1, 0.15) is 0 Å². The maximum absolute atomic E-state index is 12.8. The molecule has 3 rings (SSSR count). The van der Waals surface area contributed by atoms with Crippen LogP contribution in [0.3, 0.4) is 0 Å². The Hall–Kier alpha value is -1.63. The third-order valence-corrected chi connectivity index (χ3v) is 6.02. The molecule has 2 saturated heterocycles. The van der Waals surface area contributed by atoms with E-state index in [1.807, 2.05) is 4.90 Å². The van der Waals surface area contributed by atoms with Gasteiger partial charge in [-0.2, -0.15) is 0 Å². The Bertz CT molecular complexity index is 706. The predicted octanol–water partition coefficient (Wildman–Crippen LogP) is 2.30. The molecule has 0 radical (unpaired) electrons. The summed E-state index contributed by atoms with van der Waals surface area (Å²) in [6.07, 6.45) is 3.87. The van der Waals surface area contributed by atoms with Gasteiger partial charge in [0.2, 0.25) is 5.91 Å². The SMILES string of the molecule is CC(=O)NC1CCN(C[C@@]2(O)CCCN(C(=O)c3cccc(Cl)c3)CC2)CC1. The summed E-state index contributed by atoms with van der Waals surface area (Å²) in [5.74, 6) is -0.00631. The predicted molar refractivity (Wildman–Crippen MR) is 109 cm³/mol. The normalized spacial score (nSPS) is 24.6. The molecule has 2 amide bonds. The highest BCUT2D eigenvalue weighted by atomic mass is 35.5. The Morgan fingerprint density at radius 2 is 1.96 bits per heavy atom. The molecule has 1 aromatic carbocycles. The number of halogens is 1. The molecule has 0 spiro atoms. The van der Waals surface area contributed by atoms with Gasteiger partial charge in [-0.25, -0.2) is 0 Å². The number of likely N-dealkylation sites (tertiary alicyclic amines) is 2. The number of carbonyl (C=O) groups excluding carboxylic acids is 2. The van der Waals surface area contributed by atoms with Crippen LogP contribution in [0.15, 0.2) is 24.3 Å². The van der Waals surface area contributed by atoms with Gasteiger partial charge < -0.3 is 20.2 Å². The van der Waals surface area contributed by atoms with E-state index in [1.165, 1.54) is 0 Å². The fraction of sp³-hybridized carbons (Fsp3) is 0.619. The van der Waals surface area contributed by atoms with Crippen molar-refractivity contribution >= 4 is 23.4 Å². The van der Waals surface area contributed by atoms with Crippen molar-refractivity contribution in [1.82, 2.24) is 15.1 Å². The minimum atomic E-state index is -0.774. The van der Waals surface area contributed by atoms with Crippen LogP contribution >= 0.6 is 11.6 Å². The number of nitrogens with zero attached hydrogens (tertiary/aromatic N) is 2. The number of benzene rings is 1. The van der Waals surface area contributed by atoms with Gasteiger partial charge in [-0.1, -0.05) is 17.7 Å². The topological polar surface area (TPSA) is 72.9 Å². The summed E-state index contributed by atoms with van der Waals surface area (Å²) in [5, 5.41) is 14.7. The van der Waals surface area contributed by atoms with Gasteiger partial charge in [-0.05, 0) is 50.3 Å². The van der Waals surface area contributed by atoms with Crippen LogP contribution in [0.1, 0.15) is 49.4 Å². The van der Waals surface area contributed by atoms with Gasteiger partial charge >= 0.3 is 0 Å². The van der Waals surface area contributed by atoms with Crippen molar-refractivity contribution in [1.29, 1.82) is 0 Å². The van der Waals surface area contributed by atoms with E-state index >= 15 is 0 Å². The third kappa shape index (κ3) is 5.69. The van der Waals surface area contributed by atoms with Crippen LogP contribution < -0.4 is 5.32 Å². The third-order valence-electron chi connectivity index (χ3n) is 5.79. The number of carbonyl (C=O) groups is 2. The van der Waals surface area contributed by atoms with Crippen LogP contribution in [0.2, 0.25) is 5.02 Å². The van der Waals surface area contributed by atoms with Crippen molar-refractivity contribution in [3.05, 3.63) is 34.9 Å². The van der Waals surface area contributed by atoms with Gasteiger partial charge in [0.15, 0.2) is 0 Å². The minimum Gasteiger partial charge on any atom is -0.388 e. The van der Waals surface area contributed by atoms with Crippen LogP contribution in [0, 0.1) is 0 Å². The van der Waals surface area contributed by atoms with E-state index in [-0.39, 0.29) is 17.9 Å². The molecule has 2 N–H and O–H groups in total. The number of piperidine rings is 1. The summed E-state index contributed by atoms with van der Waals surface area (Å²) in [6.45, 7) is 5.12. The molecule has 0 bridgehead atoms. The standard InChI is InChI=1S/C21H30ClN3O3/c1-16(26)23-19-6-11-24(12-7-19)15-21(28)8-3-10-25(13-9-21)20(27)17-4-2-5-18(22)14-17/h2,4-5,14,19,28H,3,6-13,15H2,1H3,(H,23,26)/t21-/m1/s1. The van der Waals surface area contributed by atoms with Crippen LogP contribution in [0.5, 0.6) is 0 Å². The molecular formula is C21H30ClN3O3. The summed E-state index contributed by atoms with van der Waals surface area (Å²) in [6, 6.07) is 7.26. The zero-order valence-electron chi connectivity index (χ0n) is 16.5. The summed E-state index contributed by atoms with van der Waals surface area (Å²) < 4.78 is 0. The molecule has 2 heterocycles. The van der Waals surface area contributed by atoms with Crippen molar-refractivity contribution in [2.75, 3.05) is 32.7 Å². The molecule has 2 aliphatic rings. The maximum atomic E-state index is 12.8. The van der Waals surface area contributed by atoms with E-state index in [2.05, 4.69) is 10.2 Å². The van der Waals surface area contributed by atoms with Gasteiger partial charge in [-0.15, -0.1) is 0 Å². The monoisotopic (exact) mass is 407 g/mol. The Kier molecular flexibility index (Phi) is 6.96. The average molecular weight is 408 g/mol. The quantitative estimate of drug-likeness (QED) is 0.803. The molecule has 28 heavy (non-hydrogen) atoms. The second-order valence-corrected chi connectivity index (χ2v) is 8.57. The first-order valence-corrected chi connectivity index (χ1v) is 10.5. The lowest BCUT2D eigenvalue weighted by Crippen LogP contribution is -2.50. The van der Waals surface area contributed by atoms with E-state index in [4.69, 9.17) is 11.6 Å². The number of nitrogens with one attached hydrogen (secondary N) is 1. The lowest BCUT2D eigenvalue weighted by Gasteiger charge is -2.38. The first-order valence-electron chi connectivity index (χ1n) is 10.1. The number of hydrogen-bond acceptors (Lipinski definition) is 4. The van der Waals surface area contributed by atoms with E-state index in [0.717, 1.165) is 32.4 Å². The molecule has 6 nitrogen and oxygen atoms in total. The van der Waals surface area contributed by atoms with Gasteiger partial charge in [0, 0.05) is 56.3 Å². The first kappa shape index (κ1) is 21.1. The second-order valence-electron chi connectivity index (χ2n) is 8.13. The highest BCUT2D eigenvalue weighted by molar-refractivity contribution is 6.30. The van der Waals surface area contributed by atoms with Crippen LogP contribution in [0.4, 0.5) is 0 Å². The number of rotatable bonds is 4. The first-order chi connectivity index (χ1) is 13.3. The Labute approximate surface area is 171 Å². The molecule has 2 fully saturated rings. The van der Waals surface area contributed by atoms with Crippen molar-refractivity contribution in [3.8, 4) is 0 Å². The fourth-order valence-electron chi connectivity index (χ4n) is 4.28. The Balaban J connectivity index is 1.52. The van der Waals surface area contributed by atoms with Crippen molar-refractivity contribution < 1.29 is 14.7 Å². The number of aliphatic hydroxyl groups is 1. The summed E-state index contributed by atoms with van der Waals surface area (Å²) in [7, 11) is 0. The van der Waals surface area contributed by atoms with Gasteiger partial charge in [0.25, 0.3) is 5.91 Å². The lowest BCUT2D eigenvalue weighted by atomic mass is 9.93. The maximum Gasteiger partial charge on any atom is 0.253 e. The second kappa shape index (κ2) is 9.25. The van der Waals surface area contributed by atoms with Crippen LogP contribution in [-0.2, 0) is 4.79 Å². The Morgan fingerprint density at radius 1 is 1.21 bits per heavy atom. The lowest BCUT2D eigenvalue weighted by molar-refractivity contribution is -0.120. The smallest absolute Gasteiger partial charge is 0.253 e. The summed E-state index contributed by atoms with van der Waals surface area (Å²) in [5.41, 5.74) is -0.178. The van der Waals surface area contributed by atoms with E-state index < -0.39 is 5.60 Å². The number of hydrogen-bond donors (Lipinski definition) is 2. The van der Waals surface area contributed by atoms with E-state index in [1.54, 1.807) is 31.2 Å². The number of β-amino-alcohol motifs (C(OH)–C–C–N with tert-alkyl or cyclic N) is 1. The highest BCUT2D eigenvalue weighted by Crippen LogP contribution is 2.26. The molecule has 0 unspecified atom stereocenters. The molecule has 7 heteroatoms. The van der Waals surface area contributed by atoms with Crippen LogP contribution in [0.25, 0.3) is 0 Å². The minimum absolute atomic E-state index is 0.0188. The molecule has 1 aromatic rings. The van der Waals surface area contributed by atoms with Gasteiger partial charge in [0.05, 0.1) is 5.60 Å². The molecule has 0 aromatic heterocycles. The molecule has 154 valence electrons. The van der Waals surface area contributed by atoms with Crippen molar-refractivity contribution in [2.45, 2.75) is 50.7 Å². The average Bonchev–Trinajstić information content (AvgIpc) is 2.84. The van der Waals surface area contributed by atoms with Crippen molar-refractivity contribution in [3.63, 3.8) is 0 Å². The van der Waals surface area contributed by atoms with Gasteiger partial charge in [-0.3, -0.25) is 9.59 Å². The van der Waals surface area contributed by atoms with E-state index in [9.17, 15) is 14.7 Å². The van der Waals surface area contributed by atoms with Crippen LogP contribution in [-0.4, -0.2) is 71.1 Å². The molecular weight excluding hydrogens is 378 g/mol. The fourth-order valence-corrected chi connectivity index (χ4v) is 4.47. The molecule has 0 aliphatic carbocycles. The molecule has 1 atom stereocenters.